The van der Waals surface area contributed by atoms with Crippen LogP contribution in [-0.2, 0) is 14.2 Å². The summed E-state index contributed by atoms with van der Waals surface area (Å²) in [6, 6.07) is 0. The lowest BCUT2D eigenvalue weighted by molar-refractivity contribution is -0.380. The molecule has 0 aliphatic rings. The number of rotatable bonds is 10. The van der Waals surface area contributed by atoms with Gasteiger partial charge in [0, 0.05) is 19.8 Å². The molecule has 0 N–H and O–H groups in total. The third-order valence-corrected chi connectivity index (χ3v) is 2.40. The molecule has 4 heteroatoms. The lowest BCUT2D eigenvalue weighted by Gasteiger charge is -2.36. The summed E-state index contributed by atoms with van der Waals surface area (Å²) in [6.07, 6.45) is 0. The Kier molecular flexibility index (Phi) is 8.84. The average molecular weight is 233 g/mol. The number of nitrogens with zero attached hydrogens (tertiary/aromatic N) is 1. The Morgan fingerprint density at radius 3 is 1.38 bits per heavy atom. The monoisotopic (exact) mass is 233 g/mol. The Morgan fingerprint density at radius 2 is 1.12 bits per heavy atom. The van der Waals surface area contributed by atoms with Gasteiger partial charge in [-0.15, -0.1) is 0 Å². The molecular weight excluding hydrogens is 206 g/mol. The highest BCUT2D eigenvalue weighted by atomic mass is 16.9. The predicted molar refractivity (Wildman–Crippen MR) is 65.4 cm³/mol. The second kappa shape index (κ2) is 8.93. The first kappa shape index (κ1) is 15.8. The van der Waals surface area contributed by atoms with Gasteiger partial charge in [0.15, 0.2) is 0 Å². The minimum absolute atomic E-state index is 0.585. The standard InChI is InChI=1S/C12H27NO3/c1-6-13(7-2)11-12(14-8-3,15-9-4)16-10-5/h6-11H2,1-5H3. The van der Waals surface area contributed by atoms with E-state index in [9.17, 15) is 0 Å². The van der Waals surface area contributed by atoms with Gasteiger partial charge in [-0.1, -0.05) is 13.8 Å². The molecule has 16 heavy (non-hydrogen) atoms. The minimum Gasteiger partial charge on any atom is -0.327 e. The van der Waals surface area contributed by atoms with Crippen LogP contribution in [-0.4, -0.2) is 50.3 Å². The fourth-order valence-corrected chi connectivity index (χ4v) is 1.64. The summed E-state index contributed by atoms with van der Waals surface area (Å²) in [5.41, 5.74) is 0. The summed E-state index contributed by atoms with van der Waals surface area (Å²) < 4.78 is 17.0. The second-order valence-corrected chi connectivity index (χ2v) is 3.44. The lowest BCUT2D eigenvalue weighted by atomic mass is 10.4. The smallest absolute Gasteiger partial charge is 0.296 e. The summed E-state index contributed by atoms with van der Waals surface area (Å²) in [5.74, 6) is -0.899. The zero-order chi connectivity index (χ0) is 12.4. The van der Waals surface area contributed by atoms with Gasteiger partial charge in [0.05, 0.1) is 6.54 Å². The highest BCUT2D eigenvalue weighted by Crippen LogP contribution is 2.17. The van der Waals surface area contributed by atoms with Crippen molar-refractivity contribution in [2.24, 2.45) is 0 Å². The van der Waals surface area contributed by atoms with Crippen LogP contribution in [0.4, 0.5) is 0 Å². The Hall–Kier alpha value is -0.160. The molecule has 0 radical (unpaired) electrons. The van der Waals surface area contributed by atoms with Gasteiger partial charge in [-0.05, 0) is 33.9 Å². The molecule has 4 nitrogen and oxygen atoms in total. The minimum atomic E-state index is -0.899. The van der Waals surface area contributed by atoms with Gasteiger partial charge >= 0.3 is 0 Å². The molecule has 98 valence electrons. The normalized spacial score (nSPS) is 12.4. The first-order chi connectivity index (χ1) is 7.67. The van der Waals surface area contributed by atoms with Gasteiger partial charge in [-0.3, -0.25) is 4.90 Å². The quantitative estimate of drug-likeness (QED) is 0.541. The predicted octanol–water partition coefficient (Wildman–Crippen LogP) is 2.09. The SMILES string of the molecule is CCOC(CN(CC)CC)(OCC)OCC. The van der Waals surface area contributed by atoms with Crippen LogP contribution in [0.15, 0.2) is 0 Å². The van der Waals surface area contributed by atoms with Crippen LogP contribution in [0.25, 0.3) is 0 Å². The molecule has 0 atom stereocenters. The second-order valence-electron chi connectivity index (χ2n) is 3.44. The molecule has 0 unspecified atom stereocenters. The maximum absolute atomic E-state index is 5.66. The fraction of sp³-hybridized carbons (Fsp3) is 1.00. The molecule has 0 aliphatic heterocycles. The lowest BCUT2D eigenvalue weighted by Crippen LogP contribution is -2.49. The van der Waals surface area contributed by atoms with E-state index in [-0.39, 0.29) is 0 Å². The van der Waals surface area contributed by atoms with Gasteiger partial charge in [-0.25, -0.2) is 0 Å². The summed E-state index contributed by atoms with van der Waals surface area (Å²) >= 11 is 0. The van der Waals surface area contributed by atoms with Crippen LogP contribution in [0, 0.1) is 0 Å². The van der Waals surface area contributed by atoms with E-state index in [2.05, 4.69) is 18.7 Å². The topological polar surface area (TPSA) is 30.9 Å². The molecule has 0 aromatic heterocycles. The van der Waals surface area contributed by atoms with Gasteiger partial charge in [-0.2, -0.15) is 0 Å². The molecule has 0 saturated carbocycles. The fourth-order valence-electron chi connectivity index (χ4n) is 1.64. The molecule has 0 aromatic rings. The van der Waals surface area contributed by atoms with Crippen molar-refractivity contribution >= 4 is 0 Å². The van der Waals surface area contributed by atoms with Crippen molar-refractivity contribution in [1.82, 2.24) is 4.90 Å². The molecule has 0 heterocycles. The maximum atomic E-state index is 5.66. The van der Waals surface area contributed by atoms with Crippen LogP contribution in [0.1, 0.15) is 34.6 Å². The third-order valence-electron chi connectivity index (χ3n) is 2.40. The maximum Gasteiger partial charge on any atom is 0.296 e. The Labute approximate surface area is 99.9 Å². The highest BCUT2D eigenvalue weighted by molar-refractivity contribution is 4.65. The summed E-state index contributed by atoms with van der Waals surface area (Å²) in [4.78, 5) is 2.24. The van der Waals surface area contributed by atoms with Gasteiger partial charge in [0.25, 0.3) is 5.97 Å². The van der Waals surface area contributed by atoms with Gasteiger partial charge in [0.2, 0.25) is 0 Å². The van der Waals surface area contributed by atoms with E-state index in [1.165, 1.54) is 0 Å². The molecule has 0 amide bonds. The molecular formula is C12H27NO3. The molecule has 0 aliphatic carbocycles. The summed E-state index contributed by atoms with van der Waals surface area (Å²) in [6.45, 7) is 14.4. The number of likely N-dealkylation sites (N-methyl/N-ethyl adjacent to an activating group) is 1. The van der Waals surface area contributed by atoms with E-state index < -0.39 is 5.97 Å². The Balaban J connectivity index is 4.56. The Bertz CT molecular complexity index is 143. The van der Waals surface area contributed by atoms with Crippen molar-refractivity contribution in [2.75, 3.05) is 39.5 Å². The third kappa shape index (κ3) is 5.25. The first-order valence-electron chi connectivity index (χ1n) is 6.32. The molecule has 0 saturated heterocycles. The largest absolute Gasteiger partial charge is 0.327 e. The van der Waals surface area contributed by atoms with Crippen molar-refractivity contribution in [3.8, 4) is 0 Å². The van der Waals surface area contributed by atoms with E-state index >= 15 is 0 Å². The zero-order valence-corrected chi connectivity index (χ0v) is 11.4. The van der Waals surface area contributed by atoms with E-state index in [0.29, 0.717) is 26.4 Å². The zero-order valence-electron chi connectivity index (χ0n) is 11.4. The van der Waals surface area contributed by atoms with Crippen molar-refractivity contribution in [2.45, 2.75) is 40.6 Å². The molecule has 0 aromatic carbocycles. The summed E-state index contributed by atoms with van der Waals surface area (Å²) in [5, 5.41) is 0. The average Bonchev–Trinajstić information content (AvgIpc) is 2.27. The van der Waals surface area contributed by atoms with Crippen molar-refractivity contribution in [3.63, 3.8) is 0 Å². The Morgan fingerprint density at radius 1 is 0.750 bits per heavy atom. The van der Waals surface area contributed by atoms with Crippen LogP contribution in [0.2, 0.25) is 0 Å². The van der Waals surface area contributed by atoms with Gasteiger partial charge < -0.3 is 14.2 Å². The van der Waals surface area contributed by atoms with Crippen LogP contribution >= 0.6 is 0 Å². The van der Waals surface area contributed by atoms with Crippen LogP contribution in [0.3, 0.4) is 0 Å². The van der Waals surface area contributed by atoms with Gasteiger partial charge in [0.1, 0.15) is 0 Å². The highest BCUT2D eigenvalue weighted by Gasteiger charge is 2.34. The molecule has 0 rings (SSSR count). The summed E-state index contributed by atoms with van der Waals surface area (Å²) in [7, 11) is 0. The van der Waals surface area contributed by atoms with E-state index in [0.717, 1.165) is 13.1 Å². The molecule has 0 bridgehead atoms. The van der Waals surface area contributed by atoms with E-state index in [1.54, 1.807) is 0 Å². The van der Waals surface area contributed by atoms with E-state index in [4.69, 9.17) is 14.2 Å². The molecule has 0 fully saturated rings. The number of ether oxygens (including phenoxy) is 3. The number of hydrogen-bond donors (Lipinski definition) is 0. The van der Waals surface area contributed by atoms with Crippen LogP contribution < -0.4 is 0 Å². The van der Waals surface area contributed by atoms with E-state index in [1.807, 2.05) is 20.8 Å². The van der Waals surface area contributed by atoms with Crippen molar-refractivity contribution in [3.05, 3.63) is 0 Å². The van der Waals surface area contributed by atoms with Crippen molar-refractivity contribution < 1.29 is 14.2 Å². The number of hydrogen-bond acceptors (Lipinski definition) is 4. The molecule has 0 spiro atoms. The van der Waals surface area contributed by atoms with Crippen LogP contribution in [0.5, 0.6) is 0 Å². The van der Waals surface area contributed by atoms with Crippen molar-refractivity contribution in [1.29, 1.82) is 0 Å². The first-order valence-corrected chi connectivity index (χ1v) is 6.32.